The van der Waals surface area contributed by atoms with Gasteiger partial charge < -0.3 is 5.73 Å². The van der Waals surface area contributed by atoms with Gasteiger partial charge in [0, 0.05) is 23.7 Å². The summed E-state index contributed by atoms with van der Waals surface area (Å²) in [6.45, 7) is 4.84. The van der Waals surface area contributed by atoms with Gasteiger partial charge in [-0.1, -0.05) is 24.1 Å². The smallest absolute Gasteiger partial charge is 0.124 e. The lowest BCUT2D eigenvalue weighted by Gasteiger charge is -2.41. The Bertz CT molecular complexity index is 445. The van der Waals surface area contributed by atoms with Crippen LogP contribution in [0.1, 0.15) is 44.7 Å². The number of nitrogens with two attached hydrogens (primary N) is 1. The number of piperidine rings is 1. The van der Waals surface area contributed by atoms with Gasteiger partial charge in [-0.05, 0) is 44.4 Å². The molecule has 112 valence electrons. The molecule has 3 nitrogen and oxygen atoms in total. The first kappa shape index (κ1) is 15.7. The molecule has 2 rings (SSSR count). The zero-order chi connectivity index (χ0) is 14.7. The normalized spacial score (nSPS) is 25.6. The Kier molecular flexibility index (Phi) is 5.38. The average molecular weight is 300 g/mol. The molecule has 20 heavy (non-hydrogen) atoms. The largest absolute Gasteiger partial charge is 0.329 e. The first-order valence-corrected chi connectivity index (χ1v) is 7.60. The second-order valence-corrected chi connectivity index (χ2v) is 6.03. The fourth-order valence-corrected chi connectivity index (χ4v) is 3.19. The quantitative estimate of drug-likeness (QED) is 0.897. The van der Waals surface area contributed by atoms with Gasteiger partial charge in [0.15, 0.2) is 0 Å². The number of benzene rings is 1. The molecule has 1 fully saturated rings. The first-order valence-electron chi connectivity index (χ1n) is 7.22. The van der Waals surface area contributed by atoms with E-state index in [2.05, 4.69) is 24.3 Å². The van der Waals surface area contributed by atoms with Crippen molar-refractivity contribution in [1.29, 1.82) is 0 Å². The summed E-state index contributed by atoms with van der Waals surface area (Å²) in [6, 6.07) is 5.31. The summed E-state index contributed by atoms with van der Waals surface area (Å²) in [4.78, 5) is 0. The second kappa shape index (κ2) is 6.85. The topological polar surface area (TPSA) is 41.3 Å². The molecular weight excluding hydrogens is 277 g/mol. The maximum absolute atomic E-state index is 13.2. The van der Waals surface area contributed by atoms with Gasteiger partial charge in [0.1, 0.15) is 5.82 Å². The number of nitrogens with one attached hydrogen (secondary N) is 1. The van der Waals surface area contributed by atoms with Crippen molar-refractivity contribution in [2.75, 3.05) is 6.54 Å². The zero-order valence-corrected chi connectivity index (χ0v) is 12.8. The summed E-state index contributed by atoms with van der Waals surface area (Å²) in [7, 11) is 0. The van der Waals surface area contributed by atoms with Gasteiger partial charge in [0.2, 0.25) is 0 Å². The van der Waals surface area contributed by atoms with Crippen LogP contribution in [0.3, 0.4) is 0 Å². The van der Waals surface area contributed by atoms with E-state index in [1.54, 1.807) is 6.07 Å². The predicted molar refractivity (Wildman–Crippen MR) is 81.0 cm³/mol. The molecule has 1 aliphatic heterocycles. The molecule has 0 spiro atoms. The summed E-state index contributed by atoms with van der Waals surface area (Å²) in [5.74, 6) is -0.325. The van der Waals surface area contributed by atoms with Crippen LogP contribution in [0.25, 0.3) is 0 Å². The van der Waals surface area contributed by atoms with E-state index in [0.717, 1.165) is 5.56 Å². The van der Waals surface area contributed by atoms with Crippen LogP contribution in [0, 0.1) is 5.82 Å². The van der Waals surface area contributed by atoms with E-state index in [1.165, 1.54) is 31.4 Å². The van der Waals surface area contributed by atoms with Crippen molar-refractivity contribution >= 4 is 11.6 Å². The number of hydrogen-bond acceptors (Lipinski definition) is 3. The maximum atomic E-state index is 13.2. The monoisotopic (exact) mass is 299 g/mol. The van der Waals surface area contributed by atoms with Crippen molar-refractivity contribution in [3.63, 3.8) is 0 Å². The number of halogens is 2. The van der Waals surface area contributed by atoms with Gasteiger partial charge in [0.25, 0.3) is 0 Å². The van der Waals surface area contributed by atoms with Crippen LogP contribution in [0.5, 0.6) is 0 Å². The van der Waals surface area contributed by atoms with Crippen molar-refractivity contribution in [3.8, 4) is 0 Å². The molecule has 3 N–H and O–H groups in total. The van der Waals surface area contributed by atoms with E-state index in [1.807, 2.05) is 0 Å². The Morgan fingerprint density at radius 3 is 2.60 bits per heavy atom. The van der Waals surface area contributed by atoms with Gasteiger partial charge in [0.05, 0.1) is 6.04 Å². The molecule has 1 heterocycles. The van der Waals surface area contributed by atoms with E-state index in [-0.39, 0.29) is 11.9 Å². The van der Waals surface area contributed by atoms with Crippen LogP contribution in [0.2, 0.25) is 5.02 Å². The fraction of sp³-hybridized carbons (Fsp3) is 0.600. The highest BCUT2D eigenvalue weighted by molar-refractivity contribution is 6.31. The molecule has 0 aliphatic carbocycles. The van der Waals surface area contributed by atoms with Crippen molar-refractivity contribution in [1.82, 2.24) is 10.4 Å². The third-order valence-electron chi connectivity index (χ3n) is 4.07. The Hall–Kier alpha value is -0.680. The molecule has 5 heteroatoms. The van der Waals surface area contributed by atoms with Crippen LogP contribution < -0.4 is 11.2 Å². The minimum atomic E-state index is -0.325. The van der Waals surface area contributed by atoms with Crippen LogP contribution in [0.4, 0.5) is 4.39 Å². The number of hydrazine groups is 1. The molecule has 3 atom stereocenters. The van der Waals surface area contributed by atoms with Gasteiger partial charge in [-0.15, -0.1) is 0 Å². The molecule has 0 saturated carbocycles. The molecule has 1 saturated heterocycles. The zero-order valence-electron chi connectivity index (χ0n) is 12.1. The minimum absolute atomic E-state index is 0.0916. The number of hydrogen-bond donors (Lipinski definition) is 2. The van der Waals surface area contributed by atoms with Crippen LogP contribution >= 0.6 is 11.6 Å². The van der Waals surface area contributed by atoms with Crippen molar-refractivity contribution in [2.45, 2.75) is 51.2 Å². The maximum Gasteiger partial charge on any atom is 0.124 e. The molecular formula is C15H23ClFN3. The van der Waals surface area contributed by atoms with Crippen LogP contribution in [0.15, 0.2) is 18.2 Å². The predicted octanol–water partition coefficient (Wildman–Crippen LogP) is 3.25. The van der Waals surface area contributed by atoms with Crippen LogP contribution in [-0.2, 0) is 0 Å². The SMILES string of the molecule is CC1CCCC(C)N1NC(CN)c1ccc(F)cc1Cl. The number of nitrogens with zero attached hydrogens (tertiary/aromatic N) is 1. The summed E-state index contributed by atoms with van der Waals surface area (Å²) < 4.78 is 13.2. The Balaban J connectivity index is 2.15. The third-order valence-corrected chi connectivity index (χ3v) is 4.40. The van der Waals surface area contributed by atoms with E-state index in [4.69, 9.17) is 17.3 Å². The molecule has 0 bridgehead atoms. The second-order valence-electron chi connectivity index (χ2n) is 5.62. The molecule has 3 unspecified atom stereocenters. The lowest BCUT2D eigenvalue weighted by Crippen LogP contribution is -2.54. The summed E-state index contributed by atoms with van der Waals surface area (Å²) in [5.41, 5.74) is 10.2. The van der Waals surface area contributed by atoms with Crippen LogP contribution in [-0.4, -0.2) is 23.6 Å². The minimum Gasteiger partial charge on any atom is -0.329 e. The van der Waals surface area contributed by atoms with Crippen molar-refractivity contribution in [3.05, 3.63) is 34.6 Å². The van der Waals surface area contributed by atoms with Gasteiger partial charge in [-0.2, -0.15) is 0 Å². The Morgan fingerprint density at radius 2 is 2.05 bits per heavy atom. The molecule has 1 aromatic rings. The summed E-state index contributed by atoms with van der Waals surface area (Å²) >= 11 is 6.14. The highest BCUT2D eigenvalue weighted by Crippen LogP contribution is 2.27. The third kappa shape index (κ3) is 3.50. The summed E-state index contributed by atoms with van der Waals surface area (Å²) in [5, 5.41) is 2.69. The molecule has 0 amide bonds. The van der Waals surface area contributed by atoms with E-state index in [9.17, 15) is 4.39 Å². The lowest BCUT2D eigenvalue weighted by atomic mass is 9.99. The van der Waals surface area contributed by atoms with Gasteiger partial charge in [-0.25, -0.2) is 14.8 Å². The Labute approximate surface area is 125 Å². The standard InChI is InChI=1S/C15H23ClFN3/c1-10-4-3-5-11(2)20(10)19-15(9-18)13-7-6-12(17)8-14(13)16/h6-8,10-11,15,19H,3-5,9,18H2,1-2H3. The molecule has 0 radical (unpaired) electrons. The van der Waals surface area contributed by atoms with Crippen molar-refractivity contribution in [2.24, 2.45) is 5.73 Å². The fourth-order valence-electron chi connectivity index (χ4n) is 2.89. The molecule has 0 aromatic heterocycles. The van der Waals surface area contributed by atoms with E-state index < -0.39 is 0 Å². The molecule has 1 aromatic carbocycles. The highest BCUT2D eigenvalue weighted by atomic mass is 35.5. The van der Waals surface area contributed by atoms with Crippen molar-refractivity contribution < 1.29 is 4.39 Å². The lowest BCUT2D eigenvalue weighted by molar-refractivity contribution is 0.0304. The van der Waals surface area contributed by atoms with Gasteiger partial charge in [-0.3, -0.25) is 0 Å². The van der Waals surface area contributed by atoms with E-state index in [0.29, 0.717) is 23.7 Å². The van der Waals surface area contributed by atoms with Gasteiger partial charge >= 0.3 is 0 Å². The summed E-state index contributed by atoms with van der Waals surface area (Å²) in [6.07, 6.45) is 3.60. The molecule has 1 aliphatic rings. The highest BCUT2D eigenvalue weighted by Gasteiger charge is 2.27. The number of rotatable bonds is 4. The Morgan fingerprint density at radius 1 is 1.40 bits per heavy atom. The first-order chi connectivity index (χ1) is 9.52. The van der Waals surface area contributed by atoms with E-state index >= 15 is 0 Å². The average Bonchev–Trinajstić information content (AvgIpc) is 2.40.